The Morgan fingerprint density at radius 1 is 1.32 bits per heavy atom. The van der Waals surface area contributed by atoms with E-state index in [1.165, 1.54) is 6.20 Å². The first-order valence-electron chi connectivity index (χ1n) is 6.40. The summed E-state index contributed by atoms with van der Waals surface area (Å²) in [5, 5.41) is 12.8. The van der Waals surface area contributed by atoms with Crippen LogP contribution in [0.2, 0.25) is 0 Å². The van der Waals surface area contributed by atoms with E-state index in [1.54, 1.807) is 0 Å². The van der Waals surface area contributed by atoms with Crippen molar-refractivity contribution in [2.45, 2.75) is 50.6 Å². The van der Waals surface area contributed by atoms with Gasteiger partial charge < -0.3 is 10.4 Å². The number of aliphatic hydroxyl groups excluding tert-OH is 1. The maximum Gasteiger partial charge on any atom is 0.416 e. The van der Waals surface area contributed by atoms with Gasteiger partial charge in [-0.15, -0.1) is 0 Å². The first-order valence-corrected chi connectivity index (χ1v) is 6.40. The summed E-state index contributed by atoms with van der Waals surface area (Å²) in [6.45, 7) is 0.0738. The summed E-state index contributed by atoms with van der Waals surface area (Å²) in [5.41, 5.74) is -0.548. The van der Waals surface area contributed by atoms with Gasteiger partial charge in [0.1, 0.15) is 0 Å². The van der Waals surface area contributed by atoms with Crippen molar-refractivity contribution in [3.05, 3.63) is 29.6 Å². The van der Waals surface area contributed by atoms with Gasteiger partial charge in [0.25, 0.3) is 0 Å². The number of nitrogens with one attached hydrogen (secondary N) is 1. The van der Waals surface area contributed by atoms with E-state index in [9.17, 15) is 18.3 Å². The second-order valence-corrected chi connectivity index (χ2v) is 4.87. The minimum Gasteiger partial charge on any atom is -0.392 e. The third-order valence-corrected chi connectivity index (χ3v) is 3.49. The average molecular weight is 274 g/mol. The summed E-state index contributed by atoms with van der Waals surface area (Å²) in [7, 11) is 0. The van der Waals surface area contributed by atoms with E-state index >= 15 is 0 Å². The predicted octanol–water partition coefficient (Wildman–Crippen LogP) is 2.49. The molecule has 6 heteroatoms. The van der Waals surface area contributed by atoms with Crippen LogP contribution in [0.1, 0.15) is 36.8 Å². The summed E-state index contributed by atoms with van der Waals surface area (Å²) in [6, 6.07) is 0.851. The highest BCUT2D eigenvalue weighted by molar-refractivity contribution is 5.26. The molecule has 2 N–H and O–H groups in total. The van der Waals surface area contributed by atoms with Crippen molar-refractivity contribution in [2.24, 2.45) is 0 Å². The highest BCUT2D eigenvalue weighted by Gasteiger charge is 2.33. The summed E-state index contributed by atoms with van der Waals surface area (Å²) < 4.78 is 38.4. The third kappa shape index (κ3) is 3.67. The van der Waals surface area contributed by atoms with Crippen LogP contribution in [0.15, 0.2) is 18.5 Å². The van der Waals surface area contributed by atoms with Gasteiger partial charge >= 0.3 is 6.18 Å². The maximum atomic E-state index is 12.8. The molecular formula is C13H17F3N2O. The van der Waals surface area contributed by atoms with E-state index in [0.717, 1.165) is 31.5 Å². The van der Waals surface area contributed by atoms with E-state index < -0.39 is 17.8 Å². The van der Waals surface area contributed by atoms with Crippen LogP contribution in [0, 0.1) is 0 Å². The highest BCUT2D eigenvalue weighted by atomic mass is 19.4. The lowest BCUT2D eigenvalue weighted by Gasteiger charge is -2.28. The minimum absolute atomic E-state index is 0.0738. The number of aromatic nitrogens is 1. The molecule has 0 amide bonds. The number of alkyl halides is 3. The lowest BCUT2D eigenvalue weighted by atomic mass is 9.92. The standard InChI is InChI=1S/C13H17F3N2O/c14-13(15,16)10-5-6-17-7-9(10)8-18-11-3-1-2-4-12(11)19/h5-7,11-12,18-19H,1-4,8H2/t11-,12-/m0/s1. The van der Waals surface area contributed by atoms with Crippen LogP contribution >= 0.6 is 0 Å². The van der Waals surface area contributed by atoms with Crippen LogP contribution in [-0.4, -0.2) is 22.2 Å². The van der Waals surface area contributed by atoms with Crippen molar-refractivity contribution < 1.29 is 18.3 Å². The largest absolute Gasteiger partial charge is 0.416 e. The first kappa shape index (κ1) is 14.3. The molecule has 0 saturated heterocycles. The number of halogens is 3. The van der Waals surface area contributed by atoms with Gasteiger partial charge in [0.2, 0.25) is 0 Å². The second-order valence-electron chi connectivity index (χ2n) is 4.87. The zero-order valence-electron chi connectivity index (χ0n) is 10.5. The highest BCUT2D eigenvalue weighted by Crippen LogP contribution is 2.31. The van der Waals surface area contributed by atoms with Gasteiger partial charge in [-0.2, -0.15) is 13.2 Å². The first-order chi connectivity index (χ1) is 8.98. The second kappa shape index (κ2) is 5.88. The molecule has 0 unspecified atom stereocenters. The van der Waals surface area contributed by atoms with Crippen molar-refractivity contribution in [1.82, 2.24) is 10.3 Å². The van der Waals surface area contributed by atoms with Crippen molar-refractivity contribution in [3.8, 4) is 0 Å². The Morgan fingerprint density at radius 3 is 2.74 bits per heavy atom. The van der Waals surface area contributed by atoms with Gasteiger partial charge in [0.15, 0.2) is 0 Å². The number of hydrogen-bond donors (Lipinski definition) is 2. The average Bonchev–Trinajstić information content (AvgIpc) is 2.37. The molecule has 19 heavy (non-hydrogen) atoms. The maximum absolute atomic E-state index is 12.8. The fraction of sp³-hybridized carbons (Fsp3) is 0.615. The molecule has 1 aliphatic rings. The Kier molecular flexibility index (Phi) is 4.42. The molecule has 0 bridgehead atoms. The fourth-order valence-electron chi connectivity index (χ4n) is 2.44. The van der Waals surface area contributed by atoms with Crippen molar-refractivity contribution in [3.63, 3.8) is 0 Å². The van der Waals surface area contributed by atoms with E-state index in [2.05, 4.69) is 10.3 Å². The Labute approximate surface area is 109 Å². The Balaban J connectivity index is 2.03. The molecule has 1 aromatic rings. The number of pyridine rings is 1. The Hall–Kier alpha value is -1.14. The monoisotopic (exact) mass is 274 g/mol. The summed E-state index contributed by atoms with van der Waals surface area (Å²) in [4.78, 5) is 3.74. The molecule has 3 nitrogen and oxygen atoms in total. The molecule has 1 fully saturated rings. The SMILES string of the molecule is O[C@H]1CCCC[C@@H]1NCc1cnccc1C(F)(F)F. The molecule has 0 spiro atoms. The Morgan fingerprint density at radius 2 is 2.05 bits per heavy atom. The quantitative estimate of drug-likeness (QED) is 0.890. The predicted molar refractivity (Wildman–Crippen MR) is 64.3 cm³/mol. The molecule has 0 radical (unpaired) electrons. The van der Waals surface area contributed by atoms with Crippen LogP contribution in [0.25, 0.3) is 0 Å². The lowest BCUT2D eigenvalue weighted by molar-refractivity contribution is -0.138. The lowest BCUT2D eigenvalue weighted by Crippen LogP contribution is -2.41. The van der Waals surface area contributed by atoms with Crippen LogP contribution < -0.4 is 5.32 Å². The van der Waals surface area contributed by atoms with Gasteiger partial charge in [-0.25, -0.2) is 0 Å². The smallest absolute Gasteiger partial charge is 0.392 e. The topological polar surface area (TPSA) is 45.1 Å². The fourth-order valence-corrected chi connectivity index (χ4v) is 2.44. The van der Waals surface area contributed by atoms with E-state index in [-0.39, 0.29) is 18.2 Å². The summed E-state index contributed by atoms with van der Waals surface area (Å²) >= 11 is 0. The number of rotatable bonds is 3. The van der Waals surface area contributed by atoms with Crippen LogP contribution in [-0.2, 0) is 12.7 Å². The van der Waals surface area contributed by atoms with E-state index in [1.807, 2.05) is 0 Å². The van der Waals surface area contributed by atoms with Crippen molar-refractivity contribution in [2.75, 3.05) is 0 Å². The third-order valence-electron chi connectivity index (χ3n) is 3.49. The Bertz CT molecular complexity index is 423. The van der Waals surface area contributed by atoms with Crippen molar-refractivity contribution >= 4 is 0 Å². The van der Waals surface area contributed by atoms with Crippen LogP contribution in [0.4, 0.5) is 13.2 Å². The molecular weight excluding hydrogens is 257 g/mol. The molecule has 2 rings (SSSR count). The summed E-state index contributed by atoms with van der Waals surface area (Å²) in [6.07, 6.45) is 0.991. The van der Waals surface area contributed by atoms with Gasteiger partial charge in [0.05, 0.1) is 11.7 Å². The van der Waals surface area contributed by atoms with Gasteiger partial charge in [0, 0.05) is 25.0 Å². The molecule has 1 aromatic heterocycles. The zero-order chi connectivity index (χ0) is 13.9. The zero-order valence-corrected chi connectivity index (χ0v) is 10.5. The number of hydrogen-bond acceptors (Lipinski definition) is 3. The van der Waals surface area contributed by atoms with Crippen LogP contribution in [0.5, 0.6) is 0 Å². The van der Waals surface area contributed by atoms with E-state index in [0.29, 0.717) is 6.42 Å². The van der Waals surface area contributed by atoms with E-state index in [4.69, 9.17) is 0 Å². The number of nitrogens with zero attached hydrogens (tertiary/aromatic N) is 1. The van der Waals surface area contributed by atoms with Crippen molar-refractivity contribution in [1.29, 1.82) is 0 Å². The molecule has 1 heterocycles. The normalized spacial score (nSPS) is 24.4. The molecule has 1 aliphatic carbocycles. The van der Waals surface area contributed by atoms with Gasteiger partial charge in [-0.05, 0) is 24.5 Å². The van der Waals surface area contributed by atoms with Gasteiger partial charge in [-0.3, -0.25) is 4.98 Å². The molecule has 0 aromatic carbocycles. The minimum atomic E-state index is -4.37. The van der Waals surface area contributed by atoms with Crippen LogP contribution in [0.3, 0.4) is 0 Å². The molecule has 106 valence electrons. The summed E-state index contributed by atoms with van der Waals surface area (Å²) in [5.74, 6) is 0. The molecule has 0 aliphatic heterocycles. The van der Waals surface area contributed by atoms with Gasteiger partial charge in [-0.1, -0.05) is 12.8 Å². The molecule has 1 saturated carbocycles. The molecule has 2 atom stereocenters. The number of aliphatic hydroxyl groups is 1.